The molecule has 3 aliphatic rings. The highest BCUT2D eigenvalue weighted by Gasteiger charge is 2.30. The van der Waals surface area contributed by atoms with Gasteiger partial charge in [-0.25, -0.2) is 4.39 Å². The third kappa shape index (κ3) is 4.01. The van der Waals surface area contributed by atoms with Crippen LogP contribution in [0.2, 0.25) is 0 Å². The Kier molecular flexibility index (Phi) is 5.57. The zero-order chi connectivity index (χ0) is 20.5. The summed E-state index contributed by atoms with van der Waals surface area (Å²) in [6, 6.07) is 13.9. The molecule has 2 heterocycles. The van der Waals surface area contributed by atoms with E-state index in [4.69, 9.17) is 0 Å². The molecule has 2 aromatic rings. The van der Waals surface area contributed by atoms with Gasteiger partial charge in [0.05, 0.1) is 6.54 Å². The molecule has 0 spiro atoms. The predicted molar refractivity (Wildman–Crippen MR) is 117 cm³/mol. The lowest BCUT2D eigenvalue weighted by Gasteiger charge is -2.43. The van der Waals surface area contributed by atoms with E-state index < -0.39 is 0 Å². The number of nitrogens with zero attached hydrogens (tertiary/aromatic N) is 3. The molecule has 5 rings (SSSR count). The minimum absolute atomic E-state index is 0.183. The van der Waals surface area contributed by atoms with Crippen LogP contribution in [0.25, 0.3) is 11.1 Å². The normalized spacial score (nSPS) is 20.6. The van der Waals surface area contributed by atoms with Gasteiger partial charge in [0.2, 0.25) is 5.91 Å². The van der Waals surface area contributed by atoms with E-state index in [0.717, 1.165) is 57.3 Å². The van der Waals surface area contributed by atoms with Gasteiger partial charge in [0.25, 0.3) is 0 Å². The number of halogens is 1. The largest absolute Gasteiger partial charge is 0.339 e. The van der Waals surface area contributed by atoms with Crippen LogP contribution in [-0.4, -0.2) is 65.9 Å². The molecular weight excluding hydrogens is 377 g/mol. The Morgan fingerprint density at radius 2 is 1.77 bits per heavy atom. The number of amides is 1. The lowest BCUT2D eigenvalue weighted by atomic mass is 9.91. The first-order valence-electron chi connectivity index (χ1n) is 11.3. The average molecular weight is 408 g/mol. The van der Waals surface area contributed by atoms with E-state index in [2.05, 4.69) is 21.9 Å². The van der Waals surface area contributed by atoms with Gasteiger partial charge in [-0.2, -0.15) is 0 Å². The maximum Gasteiger partial charge on any atom is 0.236 e. The molecule has 0 N–H and O–H groups in total. The van der Waals surface area contributed by atoms with Crippen LogP contribution in [0.15, 0.2) is 42.5 Å². The summed E-state index contributed by atoms with van der Waals surface area (Å²) >= 11 is 0. The smallest absolute Gasteiger partial charge is 0.236 e. The number of carbonyl (C=O) groups excluding carboxylic acids is 1. The highest BCUT2D eigenvalue weighted by atomic mass is 19.1. The van der Waals surface area contributed by atoms with Crippen molar-refractivity contribution in [2.75, 3.05) is 39.3 Å². The molecule has 1 aliphatic carbocycles. The molecule has 2 aromatic carbocycles. The highest BCUT2D eigenvalue weighted by molar-refractivity contribution is 5.78. The number of rotatable bonds is 4. The lowest BCUT2D eigenvalue weighted by molar-refractivity contribution is -0.135. The Balaban J connectivity index is 1.18. The summed E-state index contributed by atoms with van der Waals surface area (Å²) in [5.41, 5.74) is 4.11. The molecule has 5 heteroatoms. The van der Waals surface area contributed by atoms with Gasteiger partial charge < -0.3 is 4.90 Å². The van der Waals surface area contributed by atoms with E-state index in [0.29, 0.717) is 12.1 Å². The van der Waals surface area contributed by atoms with Crippen LogP contribution >= 0.6 is 0 Å². The molecule has 2 aliphatic heterocycles. The minimum Gasteiger partial charge on any atom is -0.339 e. The third-order valence-electron chi connectivity index (χ3n) is 7.10. The van der Waals surface area contributed by atoms with Crippen LogP contribution in [-0.2, 0) is 17.8 Å². The van der Waals surface area contributed by atoms with Crippen molar-refractivity contribution < 1.29 is 9.18 Å². The van der Waals surface area contributed by atoms with Gasteiger partial charge >= 0.3 is 0 Å². The van der Waals surface area contributed by atoms with Gasteiger partial charge in [-0.1, -0.05) is 42.8 Å². The second-order valence-corrected chi connectivity index (χ2v) is 8.93. The van der Waals surface area contributed by atoms with E-state index in [9.17, 15) is 9.18 Å². The van der Waals surface area contributed by atoms with E-state index in [1.54, 1.807) is 6.07 Å². The summed E-state index contributed by atoms with van der Waals surface area (Å²) < 4.78 is 14.1. The Hall–Kier alpha value is -2.24. The lowest BCUT2D eigenvalue weighted by Crippen LogP contribution is -2.55. The fourth-order valence-electron chi connectivity index (χ4n) is 4.99. The Labute approximate surface area is 178 Å². The van der Waals surface area contributed by atoms with Crippen LogP contribution < -0.4 is 0 Å². The van der Waals surface area contributed by atoms with Gasteiger partial charge in [0, 0.05) is 50.9 Å². The van der Waals surface area contributed by atoms with E-state index >= 15 is 0 Å². The van der Waals surface area contributed by atoms with Gasteiger partial charge in [-0.15, -0.1) is 0 Å². The number of piperazine rings is 1. The fraction of sp³-hybridized carbons (Fsp3) is 0.480. The van der Waals surface area contributed by atoms with Crippen molar-refractivity contribution in [3.63, 3.8) is 0 Å². The van der Waals surface area contributed by atoms with Crippen molar-refractivity contribution in [2.45, 2.75) is 38.3 Å². The predicted octanol–water partition coefficient (Wildman–Crippen LogP) is 3.55. The van der Waals surface area contributed by atoms with Gasteiger partial charge in [0.15, 0.2) is 0 Å². The highest BCUT2D eigenvalue weighted by Crippen LogP contribution is 2.28. The monoisotopic (exact) mass is 407 g/mol. The van der Waals surface area contributed by atoms with Crippen LogP contribution in [0.5, 0.6) is 0 Å². The van der Waals surface area contributed by atoms with E-state index in [1.807, 2.05) is 23.1 Å². The molecule has 0 radical (unpaired) electrons. The molecule has 0 unspecified atom stereocenters. The van der Waals surface area contributed by atoms with Crippen molar-refractivity contribution in [3.05, 3.63) is 59.4 Å². The zero-order valence-electron chi connectivity index (χ0n) is 17.5. The Morgan fingerprint density at radius 1 is 0.967 bits per heavy atom. The summed E-state index contributed by atoms with van der Waals surface area (Å²) in [7, 11) is 0. The standard InChI is InChI=1S/C25H30FN3O/c26-24-7-2-1-6-23(24)20-8-9-21-17-27(11-10-19(21)16-20)18-25(30)29-14-12-28(13-15-29)22-4-3-5-22/h1-2,6-9,16,22H,3-5,10-15,17-18H2. The molecule has 0 bridgehead atoms. The summed E-state index contributed by atoms with van der Waals surface area (Å²) in [6.07, 6.45) is 4.93. The van der Waals surface area contributed by atoms with Crippen molar-refractivity contribution >= 4 is 5.91 Å². The average Bonchev–Trinajstić information content (AvgIpc) is 2.73. The summed E-state index contributed by atoms with van der Waals surface area (Å²) in [5.74, 6) is 0.0765. The number of hydrogen-bond donors (Lipinski definition) is 0. The van der Waals surface area contributed by atoms with E-state index in [1.165, 1.54) is 36.5 Å². The first kappa shape index (κ1) is 19.7. The molecule has 2 fully saturated rings. The molecule has 30 heavy (non-hydrogen) atoms. The van der Waals surface area contributed by atoms with Gasteiger partial charge in [-0.05, 0) is 42.0 Å². The molecule has 1 amide bonds. The van der Waals surface area contributed by atoms with Crippen LogP contribution in [0.1, 0.15) is 30.4 Å². The molecular formula is C25H30FN3O. The van der Waals surface area contributed by atoms with Crippen molar-refractivity contribution in [1.82, 2.24) is 14.7 Å². The Bertz CT molecular complexity index is 918. The molecule has 4 nitrogen and oxygen atoms in total. The molecule has 1 saturated carbocycles. The SMILES string of the molecule is O=C(CN1CCc2cc(-c3ccccc3F)ccc2C1)N1CCN(C2CCC2)CC1. The molecule has 0 aromatic heterocycles. The third-order valence-corrected chi connectivity index (χ3v) is 7.10. The number of hydrogen-bond acceptors (Lipinski definition) is 3. The quantitative estimate of drug-likeness (QED) is 0.776. The topological polar surface area (TPSA) is 26.8 Å². The van der Waals surface area contributed by atoms with Gasteiger partial charge in [-0.3, -0.25) is 14.6 Å². The Morgan fingerprint density at radius 3 is 2.50 bits per heavy atom. The molecule has 1 saturated heterocycles. The maximum atomic E-state index is 14.1. The summed E-state index contributed by atoms with van der Waals surface area (Å²) in [5, 5.41) is 0. The molecule has 158 valence electrons. The molecule has 0 atom stereocenters. The van der Waals surface area contributed by atoms with Crippen molar-refractivity contribution in [1.29, 1.82) is 0 Å². The second kappa shape index (κ2) is 8.48. The van der Waals surface area contributed by atoms with Crippen molar-refractivity contribution in [2.24, 2.45) is 0 Å². The number of fused-ring (bicyclic) bond motifs is 1. The summed E-state index contributed by atoms with van der Waals surface area (Å²) in [4.78, 5) is 19.7. The number of benzene rings is 2. The number of carbonyl (C=O) groups is 1. The minimum atomic E-state index is -0.183. The first-order valence-corrected chi connectivity index (χ1v) is 11.3. The van der Waals surface area contributed by atoms with Crippen LogP contribution in [0.4, 0.5) is 4.39 Å². The second-order valence-electron chi connectivity index (χ2n) is 8.93. The maximum absolute atomic E-state index is 14.1. The van der Waals surface area contributed by atoms with Crippen LogP contribution in [0.3, 0.4) is 0 Å². The van der Waals surface area contributed by atoms with Crippen molar-refractivity contribution in [3.8, 4) is 11.1 Å². The fourth-order valence-corrected chi connectivity index (χ4v) is 4.99. The zero-order valence-corrected chi connectivity index (χ0v) is 17.5. The first-order chi connectivity index (χ1) is 14.7. The van der Waals surface area contributed by atoms with Gasteiger partial charge in [0.1, 0.15) is 5.82 Å². The van der Waals surface area contributed by atoms with Crippen LogP contribution in [0, 0.1) is 5.82 Å². The summed E-state index contributed by atoms with van der Waals surface area (Å²) in [6.45, 7) is 5.95. The van der Waals surface area contributed by atoms with E-state index in [-0.39, 0.29) is 11.7 Å².